The number of aromatic nitrogens is 3. The van der Waals surface area contributed by atoms with Crippen molar-refractivity contribution in [1.29, 1.82) is 0 Å². The third kappa shape index (κ3) is 3.06. The van der Waals surface area contributed by atoms with Crippen molar-refractivity contribution in [2.75, 3.05) is 19.0 Å². The molecule has 7 heteroatoms. The van der Waals surface area contributed by atoms with E-state index in [4.69, 9.17) is 9.26 Å². The predicted octanol–water partition coefficient (Wildman–Crippen LogP) is 3.69. The first-order valence-electron chi connectivity index (χ1n) is 8.70. The Bertz CT molecular complexity index is 1140. The third-order valence-corrected chi connectivity index (χ3v) is 4.59. The average Bonchev–Trinajstić information content (AvgIpc) is 3.23. The molecule has 3 aromatic heterocycles. The summed E-state index contributed by atoms with van der Waals surface area (Å²) in [7, 11) is 1.68. The van der Waals surface area contributed by atoms with Crippen LogP contribution in [0.15, 0.2) is 41.1 Å². The molecule has 0 fully saturated rings. The van der Waals surface area contributed by atoms with Gasteiger partial charge in [0, 0.05) is 30.9 Å². The molecule has 27 heavy (non-hydrogen) atoms. The van der Waals surface area contributed by atoms with E-state index in [9.17, 15) is 4.79 Å². The Morgan fingerprint density at radius 1 is 1.30 bits per heavy atom. The number of carbonyl (C=O) groups excluding carboxylic acids is 1. The van der Waals surface area contributed by atoms with E-state index in [-0.39, 0.29) is 5.91 Å². The molecule has 0 aliphatic heterocycles. The molecular formula is C20H20N4O3. The number of hydrogen-bond acceptors (Lipinski definition) is 5. The first kappa shape index (κ1) is 17.2. The molecular weight excluding hydrogens is 344 g/mol. The molecule has 0 bridgehead atoms. The molecule has 0 atom stereocenters. The van der Waals surface area contributed by atoms with E-state index in [0.717, 1.165) is 23.1 Å². The zero-order chi connectivity index (χ0) is 19.0. The molecule has 0 unspecified atom stereocenters. The zero-order valence-corrected chi connectivity index (χ0v) is 15.4. The van der Waals surface area contributed by atoms with Gasteiger partial charge in [0.05, 0.1) is 34.5 Å². The summed E-state index contributed by atoms with van der Waals surface area (Å²) in [4.78, 5) is 17.3. The molecule has 1 amide bonds. The highest BCUT2D eigenvalue weighted by atomic mass is 16.5. The van der Waals surface area contributed by atoms with Crippen LogP contribution in [0.25, 0.3) is 22.0 Å². The Hall–Kier alpha value is -3.19. The van der Waals surface area contributed by atoms with E-state index in [2.05, 4.69) is 20.0 Å². The van der Waals surface area contributed by atoms with Gasteiger partial charge in [-0.1, -0.05) is 11.2 Å². The van der Waals surface area contributed by atoms with Gasteiger partial charge < -0.3 is 19.1 Å². The van der Waals surface area contributed by atoms with Gasteiger partial charge in [0.25, 0.3) is 11.6 Å². The van der Waals surface area contributed by atoms with Gasteiger partial charge in [0.15, 0.2) is 0 Å². The minimum atomic E-state index is -0.214. The molecule has 1 aromatic carbocycles. The molecule has 4 aromatic rings. The summed E-state index contributed by atoms with van der Waals surface area (Å²) in [6.07, 6.45) is 2.00. The number of rotatable bonds is 5. The third-order valence-electron chi connectivity index (χ3n) is 4.59. The Morgan fingerprint density at radius 3 is 2.96 bits per heavy atom. The number of fused-ring (bicyclic) bond motifs is 2. The van der Waals surface area contributed by atoms with Gasteiger partial charge in [-0.15, -0.1) is 0 Å². The number of nitrogens with zero attached hydrogens (tertiary/aromatic N) is 3. The summed E-state index contributed by atoms with van der Waals surface area (Å²) in [6, 6.07) is 9.61. The summed E-state index contributed by atoms with van der Waals surface area (Å²) in [5.74, 6) is -0.214. The molecule has 3 heterocycles. The molecule has 7 nitrogen and oxygen atoms in total. The Labute approximate surface area is 155 Å². The van der Waals surface area contributed by atoms with Gasteiger partial charge in [0.2, 0.25) is 0 Å². The van der Waals surface area contributed by atoms with Gasteiger partial charge in [-0.05, 0) is 38.1 Å². The van der Waals surface area contributed by atoms with Crippen molar-refractivity contribution in [3.63, 3.8) is 0 Å². The maximum atomic E-state index is 13.0. The Morgan fingerprint density at radius 2 is 2.15 bits per heavy atom. The van der Waals surface area contributed by atoms with Gasteiger partial charge in [-0.25, -0.2) is 4.98 Å². The lowest BCUT2D eigenvalue weighted by Gasteiger charge is -2.09. The fourth-order valence-electron chi connectivity index (χ4n) is 3.30. The molecule has 4 rings (SSSR count). The lowest BCUT2D eigenvalue weighted by Crippen LogP contribution is -2.13. The quantitative estimate of drug-likeness (QED) is 0.584. The first-order valence-corrected chi connectivity index (χ1v) is 8.70. The van der Waals surface area contributed by atoms with Crippen LogP contribution in [0, 0.1) is 13.8 Å². The number of ether oxygens (including phenoxy) is 1. The van der Waals surface area contributed by atoms with Crippen molar-refractivity contribution in [3.8, 4) is 0 Å². The number of anilines is 1. The van der Waals surface area contributed by atoms with Crippen molar-refractivity contribution < 1.29 is 14.1 Å². The average molecular weight is 364 g/mol. The highest BCUT2D eigenvalue weighted by molar-refractivity contribution is 6.14. The zero-order valence-electron chi connectivity index (χ0n) is 15.4. The van der Waals surface area contributed by atoms with Crippen LogP contribution in [-0.2, 0) is 11.3 Å². The SMILES string of the molecule is COCCn1ccc2c(NC(=O)c3cc(C)nc4onc(C)c34)cccc21. The van der Waals surface area contributed by atoms with E-state index in [1.807, 2.05) is 37.4 Å². The van der Waals surface area contributed by atoms with Gasteiger partial charge >= 0.3 is 0 Å². The van der Waals surface area contributed by atoms with Gasteiger partial charge in [-0.3, -0.25) is 4.79 Å². The van der Waals surface area contributed by atoms with Crippen molar-refractivity contribution in [1.82, 2.24) is 14.7 Å². The minimum absolute atomic E-state index is 0.214. The van der Waals surface area contributed by atoms with Crippen LogP contribution in [-0.4, -0.2) is 34.3 Å². The highest BCUT2D eigenvalue weighted by Gasteiger charge is 2.18. The lowest BCUT2D eigenvalue weighted by atomic mass is 10.1. The molecule has 0 aliphatic rings. The van der Waals surface area contributed by atoms with E-state index in [1.54, 1.807) is 20.1 Å². The second kappa shape index (κ2) is 6.85. The predicted molar refractivity (Wildman–Crippen MR) is 103 cm³/mol. The second-order valence-electron chi connectivity index (χ2n) is 6.45. The van der Waals surface area contributed by atoms with Crippen LogP contribution in [0.2, 0.25) is 0 Å². The minimum Gasteiger partial charge on any atom is -0.383 e. The number of methoxy groups -OCH3 is 1. The summed E-state index contributed by atoms with van der Waals surface area (Å²) in [5, 5.41) is 8.58. The number of benzene rings is 1. The van der Waals surface area contributed by atoms with E-state index < -0.39 is 0 Å². The molecule has 0 saturated heterocycles. The highest BCUT2D eigenvalue weighted by Crippen LogP contribution is 2.27. The van der Waals surface area contributed by atoms with Crippen molar-refractivity contribution in [2.45, 2.75) is 20.4 Å². The Kier molecular flexibility index (Phi) is 4.37. The number of pyridine rings is 1. The van der Waals surface area contributed by atoms with Crippen molar-refractivity contribution >= 4 is 33.6 Å². The van der Waals surface area contributed by atoms with Crippen molar-refractivity contribution in [3.05, 3.63) is 53.5 Å². The van der Waals surface area contributed by atoms with Crippen LogP contribution >= 0.6 is 0 Å². The molecule has 0 spiro atoms. The fraction of sp³-hybridized carbons (Fsp3) is 0.250. The summed E-state index contributed by atoms with van der Waals surface area (Å²) < 4.78 is 12.5. The molecule has 0 radical (unpaired) electrons. The van der Waals surface area contributed by atoms with Crippen LogP contribution < -0.4 is 5.32 Å². The van der Waals surface area contributed by atoms with Crippen LogP contribution in [0.5, 0.6) is 0 Å². The lowest BCUT2D eigenvalue weighted by molar-refractivity contribution is 0.102. The normalized spacial score (nSPS) is 11.4. The monoisotopic (exact) mass is 364 g/mol. The maximum Gasteiger partial charge on any atom is 0.258 e. The maximum absolute atomic E-state index is 13.0. The van der Waals surface area contributed by atoms with Crippen LogP contribution in [0.3, 0.4) is 0 Å². The number of nitrogens with one attached hydrogen (secondary N) is 1. The molecule has 138 valence electrons. The number of amides is 1. The first-order chi connectivity index (χ1) is 13.1. The standard InChI is InChI=1S/C20H20N4O3/c1-12-11-15(18-13(2)23-27-20(18)21-12)19(25)22-16-5-4-6-17-14(16)7-8-24(17)9-10-26-3/h4-8,11H,9-10H2,1-3H3,(H,22,25). The van der Waals surface area contributed by atoms with Gasteiger partial charge in [-0.2, -0.15) is 0 Å². The number of aryl methyl sites for hydroxylation is 2. The summed E-state index contributed by atoms with van der Waals surface area (Å²) >= 11 is 0. The van der Waals surface area contributed by atoms with Gasteiger partial charge in [0.1, 0.15) is 0 Å². The molecule has 0 saturated carbocycles. The van der Waals surface area contributed by atoms with E-state index in [0.29, 0.717) is 34.7 Å². The largest absolute Gasteiger partial charge is 0.383 e. The van der Waals surface area contributed by atoms with Crippen LogP contribution in [0.4, 0.5) is 5.69 Å². The molecule has 1 N–H and O–H groups in total. The second-order valence-corrected chi connectivity index (χ2v) is 6.45. The number of carbonyl (C=O) groups is 1. The number of hydrogen-bond donors (Lipinski definition) is 1. The smallest absolute Gasteiger partial charge is 0.258 e. The van der Waals surface area contributed by atoms with E-state index >= 15 is 0 Å². The molecule has 0 aliphatic carbocycles. The van der Waals surface area contributed by atoms with Crippen molar-refractivity contribution in [2.24, 2.45) is 0 Å². The Balaban J connectivity index is 1.72. The topological polar surface area (TPSA) is 82.2 Å². The van der Waals surface area contributed by atoms with Crippen LogP contribution in [0.1, 0.15) is 21.7 Å². The van der Waals surface area contributed by atoms with E-state index in [1.165, 1.54) is 0 Å². The fourth-order valence-corrected chi connectivity index (χ4v) is 3.30. The summed E-state index contributed by atoms with van der Waals surface area (Å²) in [5.41, 5.74) is 4.03. The summed E-state index contributed by atoms with van der Waals surface area (Å²) in [6.45, 7) is 5.00.